The molecule has 2 N–H and O–H groups in total. The number of carboxylic acid groups (broad SMARTS) is 2. The summed E-state index contributed by atoms with van der Waals surface area (Å²) >= 11 is 0. The Kier molecular flexibility index (Phi) is 42.6. The van der Waals surface area contributed by atoms with Crippen molar-refractivity contribution in [2.75, 3.05) is 0 Å². The van der Waals surface area contributed by atoms with Gasteiger partial charge in [0.2, 0.25) is 0 Å². The van der Waals surface area contributed by atoms with Crippen molar-refractivity contribution in [1.29, 1.82) is 0 Å². The molecule has 0 saturated carbocycles. The predicted molar refractivity (Wildman–Crippen MR) is 113 cm³/mol. The van der Waals surface area contributed by atoms with Crippen LogP contribution >= 0.6 is 7.92 Å². The fraction of sp³-hybridized carbons (Fsp3) is 0.364. The number of hydrogen-bond donors (Lipinski definition) is 2. The molecule has 0 atom stereocenters. The molecule has 174 valence electrons. The summed E-state index contributed by atoms with van der Waals surface area (Å²) in [5, 5.41) is 18.1. The third-order valence-corrected chi connectivity index (χ3v) is 6.49. The molecule has 0 unspecified atom stereocenters. The minimum Gasteiger partial charge on any atom is 0 e. The minimum absolute atomic E-state index is 0. The van der Waals surface area contributed by atoms with Gasteiger partial charge in [-0.1, -0.05) is 65.9 Å². The monoisotopic (exact) mass is 634 g/mol. The first-order valence-electron chi connectivity index (χ1n) is 8.38. The zero-order valence-electron chi connectivity index (χ0n) is 18.7. The maximum absolute atomic E-state index is 10.1. The molecule has 0 heterocycles. The van der Waals surface area contributed by atoms with Crippen LogP contribution in [0.4, 0.5) is 0 Å². The molecule has 32 heavy (non-hydrogen) atoms. The van der Waals surface area contributed by atoms with Crippen LogP contribution in [0.25, 0.3) is 0 Å². The van der Waals surface area contributed by atoms with Gasteiger partial charge in [0.05, 0.1) is 0 Å². The maximum atomic E-state index is 10.1. The van der Waals surface area contributed by atoms with Crippen molar-refractivity contribution < 1.29 is 59.5 Å². The van der Waals surface area contributed by atoms with Gasteiger partial charge in [-0.05, 0) is 30.5 Å². The zero-order valence-corrected chi connectivity index (χ0v) is 22.6. The van der Waals surface area contributed by atoms with E-state index in [1.807, 2.05) is 0 Å². The van der Waals surface area contributed by atoms with Crippen LogP contribution in [0, 0.1) is 26.6 Å². The van der Waals surface area contributed by atoms with Gasteiger partial charge in [-0.3, -0.25) is 0 Å². The Morgan fingerprint density at radius 3 is 1.16 bits per heavy atom. The Labute approximate surface area is 205 Å². The fourth-order valence-electron chi connectivity index (χ4n) is 2.11. The van der Waals surface area contributed by atoms with Gasteiger partial charge in [-0.15, -0.1) is 0 Å². The Balaban J connectivity index is -0.0000000797. The average molecular weight is 634 g/mol. The molecule has 0 aliphatic rings. The molecule has 0 aromatic heterocycles. The van der Waals surface area contributed by atoms with E-state index >= 15 is 0 Å². The van der Waals surface area contributed by atoms with E-state index < -0.39 is 11.9 Å². The zero-order chi connectivity index (χ0) is 26.2. The molecule has 10 heteroatoms. The summed E-state index contributed by atoms with van der Waals surface area (Å²) in [6.45, 7) is 29.8. The first-order valence-corrected chi connectivity index (χ1v) is 9.86. The molecule has 0 saturated heterocycles. The smallest absolute Gasteiger partial charge is 0 e. The summed E-state index contributed by atoms with van der Waals surface area (Å²) in [4.78, 5) is 20.2. The van der Waals surface area contributed by atoms with E-state index in [-0.39, 0.29) is 40.1 Å². The normalized spacial score (nSPS) is 8.78. The van der Waals surface area contributed by atoms with Gasteiger partial charge in [0.15, 0.2) is 0 Å². The second kappa shape index (κ2) is 31.2. The molecule has 8 nitrogen and oxygen atoms in total. The van der Waals surface area contributed by atoms with Crippen LogP contribution in [-0.4, -0.2) is 33.5 Å². The Hall–Kier alpha value is -2.02. The molecular formula is C22H27O8PW. The summed E-state index contributed by atoms with van der Waals surface area (Å²) in [6.07, 6.45) is 0. The van der Waals surface area contributed by atoms with Crippen molar-refractivity contribution in [1.82, 2.24) is 0 Å². The van der Waals surface area contributed by atoms with Gasteiger partial charge in [0, 0.05) is 32.2 Å². The van der Waals surface area contributed by atoms with Gasteiger partial charge >= 0.3 is 57.1 Å². The minimum atomic E-state index is -1.19. The Morgan fingerprint density at radius 2 is 0.969 bits per heavy atom. The van der Waals surface area contributed by atoms with E-state index in [0.29, 0.717) is 0 Å². The molecule has 1 rings (SSSR count). The largest absolute Gasteiger partial charge is 0 e. The molecule has 0 bridgehead atoms. The molecule has 1 aromatic carbocycles. The summed E-state index contributed by atoms with van der Waals surface area (Å²) in [6, 6.07) is 10.9. The van der Waals surface area contributed by atoms with E-state index in [0.717, 1.165) is 11.3 Å². The Bertz CT molecular complexity index is 666. The molecule has 0 aliphatic carbocycles. The van der Waals surface area contributed by atoms with Crippen LogP contribution in [0.1, 0.15) is 41.5 Å². The number of benzene rings is 1. The van der Waals surface area contributed by atoms with Crippen molar-refractivity contribution in [2.45, 2.75) is 52.9 Å². The SMILES string of the molecule is CC(C(=O)O)=C(C)C(=O)O.CC(C)P(c1ccccc1)C(C)C.[C-]#[O+].[C-]#[O+].[C-]#[O+].[C-]#[O+].[W]. The number of aliphatic carboxylic acids is 2. The van der Waals surface area contributed by atoms with Crippen LogP contribution < -0.4 is 5.30 Å². The van der Waals surface area contributed by atoms with Crippen molar-refractivity contribution >= 4 is 25.2 Å². The van der Waals surface area contributed by atoms with Gasteiger partial charge in [-0.2, -0.15) is 0 Å². The van der Waals surface area contributed by atoms with Crippen molar-refractivity contribution in [3.05, 3.63) is 68.1 Å². The number of rotatable bonds is 5. The number of carbonyl (C=O) groups is 2. The van der Waals surface area contributed by atoms with Crippen molar-refractivity contribution in [2.24, 2.45) is 0 Å². The van der Waals surface area contributed by atoms with E-state index in [1.54, 1.807) is 5.30 Å². The summed E-state index contributed by atoms with van der Waals surface area (Å²) in [5.74, 6) is -2.39. The number of carboxylic acids is 2. The van der Waals surface area contributed by atoms with Crippen LogP contribution in [-0.2, 0) is 49.3 Å². The van der Waals surface area contributed by atoms with Crippen LogP contribution in [0.3, 0.4) is 0 Å². The van der Waals surface area contributed by atoms with E-state index in [9.17, 15) is 9.59 Å². The Morgan fingerprint density at radius 1 is 0.719 bits per heavy atom. The molecule has 0 amide bonds. The second-order valence-electron chi connectivity index (χ2n) is 5.79. The van der Waals surface area contributed by atoms with Crippen molar-refractivity contribution in [3.8, 4) is 0 Å². The van der Waals surface area contributed by atoms with Crippen LogP contribution in [0.15, 0.2) is 41.5 Å². The third kappa shape index (κ3) is 22.7. The van der Waals surface area contributed by atoms with Crippen molar-refractivity contribution in [3.63, 3.8) is 0 Å². The molecule has 0 fully saturated rings. The van der Waals surface area contributed by atoms with Gasteiger partial charge in [-0.25, -0.2) is 9.59 Å². The number of hydrogen-bond acceptors (Lipinski definition) is 2. The topological polar surface area (TPSA) is 154 Å². The first kappa shape index (κ1) is 43.8. The molecular weight excluding hydrogens is 607 g/mol. The molecule has 0 spiro atoms. The van der Waals surface area contributed by atoms with Crippen LogP contribution in [0.2, 0.25) is 0 Å². The molecule has 0 aliphatic heterocycles. The molecule has 1 aromatic rings. The van der Waals surface area contributed by atoms with Gasteiger partial charge in [0.25, 0.3) is 0 Å². The van der Waals surface area contributed by atoms with E-state index in [2.05, 4.69) is 84.6 Å². The van der Waals surface area contributed by atoms with E-state index in [1.165, 1.54) is 13.8 Å². The quantitative estimate of drug-likeness (QED) is 0.218. The van der Waals surface area contributed by atoms with E-state index in [4.69, 9.17) is 28.8 Å². The summed E-state index contributed by atoms with van der Waals surface area (Å²) in [7, 11) is 0.0262. The summed E-state index contributed by atoms with van der Waals surface area (Å²) < 4.78 is 30.0. The standard InChI is InChI=1S/C12H19P.C6H8O4.4CO.W/c1-10(2)13(11(3)4)12-8-6-5-7-9-12;1-3(5(7)8)4(2)6(9)10;4*1-2;/h5-11H,1-4H3;1-2H3,(H,7,8)(H,9,10);;;;;. The van der Waals surface area contributed by atoms with Gasteiger partial charge < -0.3 is 10.2 Å². The molecule has 0 radical (unpaired) electrons. The maximum Gasteiger partial charge on any atom is 0 e. The first-order chi connectivity index (χ1) is 14.6. The fourth-order valence-corrected chi connectivity index (χ4v) is 5.02. The summed E-state index contributed by atoms with van der Waals surface area (Å²) in [5.41, 5.74) is 1.31. The van der Waals surface area contributed by atoms with Crippen LogP contribution in [0.5, 0.6) is 0 Å². The predicted octanol–water partition coefficient (Wildman–Crippen LogP) is 3.95. The average Bonchev–Trinajstić information content (AvgIpc) is 2.78. The van der Waals surface area contributed by atoms with Gasteiger partial charge in [0.1, 0.15) is 0 Å². The third-order valence-electron chi connectivity index (χ3n) is 3.37. The second-order valence-corrected chi connectivity index (χ2v) is 9.19.